The summed E-state index contributed by atoms with van der Waals surface area (Å²) in [5.41, 5.74) is 0.911. The van der Waals surface area contributed by atoms with Crippen LogP contribution in [-0.2, 0) is 4.79 Å². The molecule has 0 aromatic heterocycles. The summed E-state index contributed by atoms with van der Waals surface area (Å²) >= 11 is 0. The predicted octanol–water partition coefficient (Wildman–Crippen LogP) is 3.73. The molecule has 1 N–H and O–H groups in total. The molecule has 0 saturated carbocycles. The van der Waals surface area contributed by atoms with Crippen LogP contribution in [0.15, 0.2) is 66.7 Å². The zero-order chi connectivity index (χ0) is 16.1. The molecule has 3 aromatic carbocycles. The lowest BCUT2D eigenvalue weighted by Gasteiger charge is -2.09. The van der Waals surface area contributed by atoms with E-state index in [1.165, 1.54) is 0 Å². The van der Waals surface area contributed by atoms with Crippen molar-refractivity contribution in [3.8, 4) is 11.8 Å². The highest BCUT2D eigenvalue weighted by Crippen LogP contribution is 2.20. The zero-order valence-corrected chi connectivity index (χ0v) is 12.3. The van der Waals surface area contributed by atoms with Gasteiger partial charge in [0.15, 0.2) is 6.61 Å². The first kappa shape index (κ1) is 14.6. The third-order valence-electron chi connectivity index (χ3n) is 3.41. The molecule has 0 heterocycles. The van der Waals surface area contributed by atoms with Gasteiger partial charge < -0.3 is 10.1 Å². The van der Waals surface area contributed by atoms with Crippen LogP contribution in [0.5, 0.6) is 5.75 Å². The average Bonchev–Trinajstić information content (AvgIpc) is 2.60. The van der Waals surface area contributed by atoms with E-state index in [4.69, 9.17) is 10.00 Å². The number of carbonyl (C=O) groups is 1. The van der Waals surface area contributed by atoms with E-state index in [0.717, 1.165) is 10.8 Å². The van der Waals surface area contributed by atoms with E-state index in [-0.39, 0.29) is 12.5 Å². The predicted molar refractivity (Wildman–Crippen MR) is 89.2 cm³/mol. The van der Waals surface area contributed by atoms with Crippen molar-refractivity contribution < 1.29 is 9.53 Å². The van der Waals surface area contributed by atoms with E-state index in [9.17, 15) is 4.79 Å². The van der Waals surface area contributed by atoms with Crippen molar-refractivity contribution in [3.63, 3.8) is 0 Å². The smallest absolute Gasteiger partial charge is 0.262 e. The van der Waals surface area contributed by atoms with Gasteiger partial charge in [-0.2, -0.15) is 5.26 Å². The molecule has 0 aliphatic carbocycles. The molecule has 1 amide bonds. The van der Waals surface area contributed by atoms with Gasteiger partial charge in [-0.25, -0.2) is 0 Å². The van der Waals surface area contributed by atoms with E-state index in [0.29, 0.717) is 17.0 Å². The van der Waals surface area contributed by atoms with Gasteiger partial charge >= 0.3 is 0 Å². The van der Waals surface area contributed by atoms with Crippen LogP contribution in [0.4, 0.5) is 5.69 Å². The number of anilines is 1. The SMILES string of the molecule is N#Cc1ccccc1NC(=O)COc1ccc2ccccc2c1. The molecule has 112 valence electrons. The molecule has 4 nitrogen and oxygen atoms in total. The first-order chi connectivity index (χ1) is 11.3. The molecule has 0 saturated heterocycles. The fourth-order valence-corrected chi connectivity index (χ4v) is 2.28. The van der Waals surface area contributed by atoms with Gasteiger partial charge in [-0.05, 0) is 35.0 Å². The highest BCUT2D eigenvalue weighted by Gasteiger charge is 2.07. The molecule has 3 rings (SSSR count). The Hall–Kier alpha value is -3.32. The van der Waals surface area contributed by atoms with Crippen LogP contribution in [-0.4, -0.2) is 12.5 Å². The van der Waals surface area contributed by atoms with E-state index in [2.05, 4.69) is 5.32 Å². The summed E-state index contributed by atoms with van der Waals surface area (Å²) in [7, 11) is 0. The molecular weight excluding hydrogens is 288 g/mol. The molecule has 0 fully saturated rings. The van der Waals surface area contributed by atoms with Crippen molar-refractivity contribution in [1.29, 1.82) is 5.26 Å². The molecule has 0 aliphatic heterocycles. The molecule has 0 aliphatic rings. The maximum absolute atomic E-state index is 12.0. The number of amides is 1. The Morgan fingerprint density at radius 3 is 2.57 bits per heavy atom. The van der Waals surface area contributed by atoms with Crippen molar-refractivity contribution >= 4 is 22.4 Å². The molecule has 23 heavy (non-hydrogen) atoms. The van der Waals surface area contributed by atoms with Gasteiger partial charge in [0.05, 0.1) is 11.3 Å². The summed E-state index contributed by atoms with van der Waals surface area (Å²) in [6.07, 6.45) is 0. The number of nitrogens with zero attached hydrogens (tertiary/aromatic N) is 1. The van der Waals surface area contributed by atoms with Gasteiger partial charge in [-0.3, -0.25) is 4.79 Å². The third-order valence-corrected chi connectivity index (χ3v) is 3.41. The van der Waals surface area contributed by atoms with Gasteiger partial charge in [0.1, 0.15) is 11.8 Å². The Labute approximate surface area is 133 Å². The average molecular weight is 302 g/mol. The van der Waals surface area contributed by atoms with Crippen LogP contribution in [0.25, 0.3) is 10.8 Å². The lowest BCUT2D eigenvalue weighted by atomic mass is 10.1. The molecule has 0 bridgehead atoms. The summed E-state index contributed by atoms with van der Waals surface area (Å²) in [5.74, 6) is 0.327. The Bertz CT molecular complexity index is 897. The van der Waals surface area contributed by atoms with Gasteiger partial charge in [0.25, 0.3) is 5.91 Å². The summed E-state index contributed by atoms with van der Waals surface area (Å²) in [5, 5.41) is 13.9. The van der Waals surface area contributed by atoms with Gasteiger partial charge in [-0.1, -0.05) is 42.5 Å². The number of nitriles is 1. The third kappa shape index (κ3) is 3.47. The number of benzene rings is 3. The van der Waals surface area contributed by atoms with Crippen LogP contribution in [0.1, 0.15) is 5.56 Å². The first-order valence-electron chi connectivity index (χ1n) is 7.17. The topological polar surface area (TPSA) is 62.1 Å². The standard InChI is InChI=1S/C19H14N2O2/c20-12-16-7-3-4-8-18(16)21-19(22)13-23-17-10-9-14-5-1-2-6-15(14)11-17/h1-11H,13H2,(H,21,22). The highest BCUT2D eigenvalue weighted by atomic mass is 16.5. The van der Waals surface area contributed by atoms with E-state index in [1.807, 2.05) is 48.5 Å². The summed E-state index contributed by atoms with van der Waals surface area (Å²) in [4.78, 5) is 12.0. The highest BCUT2D eigenvalue weighted by molar-refractivity contribution is 5.93. The van der Waals surface area contributed by atoms with Crippen LogP contribution in [0.3, 0.4) is 0 Å². The van der Waals surface area contributed by atoms with Crippen molar-refractivity contribution in [2.45, 2.75) is 0 Å². The second kappa shape index (κ2) is 6.63. The number of nitrogens with one attached hydrogen (secondary N) is 1. The fourth-order valence-electron chi connectivity index (χ4n) is 2.28. The second-order valence-corrected chi connectivity index (χ2v) is 5.00. The minimum absolute atomic E-state index is 0.113. The minimum atomic E-state index is -0.305. The number of hydrogen-bond acceptors (Lipinski definition) is 3. The molecular formula is C19H14N2O2. The summed E-state index contributed by atoms with van der Waals surface area (Å²) < 4.78 is 5.53. The summed E-state index contributed by atoms with van der Waals surface area (Å²) in [6, 6.07) is 22.5. The molecule has 3 aromatic rings. The maximum atomic E-state index is 12.0. The van der Waals surface area contributed by atoms with Gasteiger partial charge in [-0.15, -0.1) is 0 Å². The lowest BCUT2D eigenvalue weighted by Crippen LogP contribution is -2.20. The Balaban J connectivity index is 1.65. The van der Waals surface area contributed by atoms with Gasteiger partial charge in [0, 0.05) is 0 Å². The van der Waals surface area contributed by atoms with E-state index in [1.54, 1.807) is 24.3 Å². The molecule has 0 spiro atoms. The van der Waals surface area contributed by atoms with Crippen molar-refractivity contribution in [2.24, 2.45) is 0 Å². The summed E-state index contributed by atoms with van der Waals surface area (Å²) in [6.45, 7) is -0.113. The number of fused-ring (bicyclic) bond motifs is 1. The number of hydrogen-bond donors (Lipinski definition) is 1. The first-order valence-corrected chi connectivity index (χ1v) is 7.17. The van der Waals surface area contributed by atoms with Crippen LogP contribution < -0.4 is 10.1 Å². The molecule has 0 atom stereocenters. The molecule has 0 unspecified atom stereocenters. The molecule has 0 radical (unpaired) electrons. The Kier molecular flexibility index (Phi) is 4.21. The minimum Gasteiger partial charge on any atom is -0.484 e. The van der Waals surface area contributed by atoms with E-state index >= 15 is 0 Å². The number of rotatable bonds is 4. The monoisotopic (exact) mass is 302 g/mol. The van der Waals surface area contributed by atoms with Crippen LogP contribution in [0.2, 0.25) is 0 Å². The quantitative estimate of drug-likeness (QED) is 0.798. The van der Waals surface area contributed by atoms with Gasteiger partial charge in [0.2, 0.25) is 0 Å². The fraction of sp³-hybridized carbons (Fsp3) is 0.0526. The van der Waals surface area contributed by atoms with Crippen molar-refractivity contribution in [1.82, 2.24) is 0 Å². The largest absolute Gasteiger partial charge is 0.484 e. The van der Waals surface area contributed by atoms with Crippen LogP contribution in [0, 0.1) is 11.3 Å². The van der Waals surface area contributed by atoms with Crippen molar-refractivity contribution in [3.05, 3.63) is 72.3 Å². The maximum Gasteiger partial charge on any atom is 0.262 e. The normalized spacial score (nSPS) is 10.0. The van der Waals surface area contributed by atoms with Crippen molar-refractivity contribution in [2.75, 3.05) is 11.9 Å². The van der Waals surface area contributed by atoms with E-state index < -0.39 is 0 Å². The number of ether oxygens (including phenoxy) is 1. The Morgan fingerprint density at radius 1 is 1.00 bits per heavy atom. The molecule has 4 heteroatoms. The zero-order valence-electron chi connectivity index (χ0n) is 12.3. The van der Waals surface area contributed by atoms with Crippen LogP contribution >= 0.6 is 0 Å². The Morgan fingerprint density at radius 2 is 1.74 bits per heavy atom. The number of para-hydroxylation sites is 1. The number of carbonyl (C=O) groups excluding carboxylic acids is 1. The second-order valence-electron chi connectivity index (χ2n) is 5.00. The lowest BCUT2D eigenvalue weighted by molar-refractivity contribution is -0.118.